The smallest absolute Gasteiger partial charge is 0.314 e. The van der Waals surface area contributed by atoms with Gasteiger partial charge in [-0.1, -0.05) is 37.3 Å². The van der Waals surface area contributed by atoms with Gasteiger partial charge in [0, 0.05) is 35.6 Å². The lowest BCUT2D eigenvalue weighted by Crippen LogP contribution is -2.61. The van der Waals surface area contributed by atoms with Gasteiger partial charge in [0.25, 0.3) is 5.92 Å². The second-order valence-corrected chi connectivity index (χ2v) is 12.5. The summed E-state index contributed by atoms with van der Waals surface area (Å²) in [5.41, 5.74) is -1.64. The zero-order valence-corrected chi connectivity index (χ0v) is 24.0. The van der Waals surface area contributed by atoms with Gasteiger partial charge in [0.2, 0.25) is 0 Å². The van der Waals surface area contributed by atoms with E-state index in [1.54, 1.807) is 64.2 Å². The van der Waals surface area contributed by atoms with E-state index in [0.717, 1.165) is 11.1 Å². The van der Waals surface area contributed by atoms with Crippen molar-refractivity contribution >= 4 is 18.0 Å². The third-order valence-electron chi connectivity index (χ3n) is 8.56. The lowest BCUT2D eigenvalue weighted by Gasteiger charge is -2.53. The van der Waals surface area contributed by atoms with Crippen molar-refractivity contribution in [3.8, 4) is 17.2 Å². The number of halogens is 2. The summed E-state index contributed by atoms with van der Waals surface area (Å²) in [4.78, 5) is 31.4. The fraction of sp³-hybridized carbons (Fsp3) is 0.500. The van der Waals surface area contributed by atoms with Gasteiger partial charge in [-0.2, -0.15) is 5.26 Å². The number of rotatable bonds is 5. The van der Waals surface area contributed by atoms with Crippen LogP contribution in [0.4, 0.5) is 8.78 Å². The quantitative estimate of drug-likeness (QED) is 0.379. The molecule has 1 aromatic carbocycles. The van der Waals surface area contributed by atoms with Crippen molar-refractivity contribution in [3.05, 3.63) is 59.9 Å². The zero-order valence-electron chi connectivity index (χ0n) is 24.0. The van der Waals surface area contributed by atoms with Gasteiger partial charge in [-0.15, -0.1) is 0 Å². The highest BCUT2D eigenvalue weighted by Gasteiger charge is 2.74. The van der Waals surface area contributed by atoms with Crippen LogP contribution < -0.4 is 0 Å². The summed E-state index contributed by atoms with van der Waals surface area (Å²) in [6.07, 6.45) is 3.50. The molecule has 1 saturated carbocycles. The molecule has 40 heavy (non-hydrogen) atoms. The molecule has 0 amide bonds. The Morgan fingerprint density at radius 1 is 1.15 bits per heavy atom. The predicted molar refractivity (Wildman–Crippen MR) is 147 cm³/mol. The van der Waals surface area contributed by atoms with Crippen molar-refractivity contribution in [2.45, 2.75) is 72.5 Å². The monoisotopic (exact) mass is 550 g/mol. The van der Waals surface area contributed by atoms with Gasteiger partial charge in [0.05, 0.1) is 28.2 Å². The normalized spacial score (nSPS) is 28.1. The van der Waals surface area contributed by atoms with Crippen LogP contribution in [0.2, 0.25) is 0 Å². The third kappa shape index (κ3) is 4.91. The second-order valence-electron chi connectivity index (χ2n) is 12.5. The zero-order chi connectivity index (χ0) is 29.7. The number of hydrogen-bond donors (Lipinski definition) is 0. The molecule has 1 aliphatic heterocycles. The molecule has 5 atom stereocenters. The first-order valence-electron chi connectivity index (χ1n) is 13.5. The summed E-state index contributed by atoms with van der Waals surface area (Å²) in [6, 6.07) is 12.9. The van der Waals surface area contributed by atoms with Crippen LogP contribution in [-0.4, -0.2) is 34.6 Å². The molecular weight excluding hydrogens is 514 g/mol. The Bertz CT molecular complexity index is 1370. The number of carbonyl (C=O) groups excluding carboxylic acids is 2. The van der Waals surface area contributed by atoms with Crippen molar-refractivity contribution in [2.24, 2.45) is 28.6 Å². The first kappa shape index (κ1) is 29.4. The molecule has 4 rings (SSSR count). The number of carbonyl (C=O) groups is 2. The van der Waals surface area contributed by atoms with Gasteiger partial charge in [-0.25, -0.2) is 8.78 Å². The first-order chi connectivity index (χ1) is 18.5. The minimum absolute atomic E-state index is 0.523. The van der Waals surface area contributed by atoms with Crippen molar-refractivity contribution in [3.63, 3.8) is 0 Å². The molecule has 1 aliphatic carbocycles. The van der Waals surface area contributed by atoms with Gasteiger partial charge in [0.15, 0.2) is 0 Å². The third-order valence-corrected chi connectivity index (χ3v) is 8.56. The maximum absolute atomic E-state index is 15.8. The fourth-order valence-corrected chi connectivity index (χ4v) is 6.31. The topological polar surface area (TPSA) is 89.3 Å². The second kappa shape index (κ2) is 10.1. The van der Waals surface area contributed by atoms with E-state index in [0.29, 0.717) is 11.3 Å². The van der Waals surface area contributed by atoms with Crippen LogP contribution in [0.3, 0.4) is 0 Å². The number of hydrogen-bond acceptors (Lipinski definition) is 6. The van der Waals surface area contributed by atoms with Crippen molar-refractivity contribution in [1.82, 2.24) is 4.98 Å². The molecule has 0 radical (unpaired) electrons. The highest BCUT2D eigenvalue weighted by atomic mass is 19.3. The van der Waals surface area contributed by atoms with E-state index in [-0.39, 0.29) is 0 Å². The number of alkyl halides is 2. The van der Waals surface area contributed by atoms with Crippen LogP contribution in [0.25, 0.3) is 17.2 Å². The molecule has 2 fully saturated rings. The Morgan fingerprint density at radius 2 is 1.82 bits per heavy atom. The lowest BCUT2D eigenvalue weighted by atomic mass is 9.48. The number of pyridine rings is 1. The summed E-state index contributed by atoms with van der Waals surface area (Å²) < 4.78 is 42.8. The van der Waals surface area contributed by atoms with Crippen molar-refractivity contribution in [2.75, 3.05) is 0 Å². The van der Waals surface area contributed by atoms with Gasteiger partial charge >= 0.3 is 11.9 Å². The van der Waals surface area contributed by atoms with Crippen LogP contribution in [0.15, 0.2) is 48.7 Å². The van der Waals surface area contributed by atoms with Crippen molar-refractivity contribution < 1.29 is 27.8 Å². The standard InChI is InChI=1S/C32H36F2N2O4/c1-19-24(15-14-23-13-12-22(17-36-23)25-11-9-8-10-21(25)16-35)26-20(2)39-28(38)31(26,18-32(19,33)34)30(6,7)27(37)40-29(3,4)5/h8-15,17,19-20,24,26H,18H2,1-7H3/b15-14+/t19-,20+,24-,26-,31?/m0/s1. The molecule has 8 heteroatoms. The SMILES string of the molecule is C[C@H]1OC(=O)C2(C(C)(C)C(=O)OC(C)(C)C)CC(F)(F)[C@@H](C)[C@H](/C=C/c3ccc(-c4ccccc4C#N)cn3)[C@H]12. The first-order valence-corrected chi connectivity index (χ1v) is 13.5. The Labute approximate surface area is 234 Å². The number of benzene rings is 1. The predicted octanol–water partition coefficient (Wildman–Crippen LogP) is 6.84. The number of ether oxygens (including phenoxy) is 2. The Balaban J connectivity index is 1.73. The lowest BCUT2D eigenvalue weighted by molar-refractivity contribution is -0.208. The van der Waals surface area contributed by atoms with Crippen LogP contribution in [0, 0.1) is 39.9 Å². The summed E-state index contributed by atoms with van der Waals surface area (Å²) in [5, 5.41) is 9.41. The summed E-state index contributed by atoms with van der Waals surface area (Å²) >= 11 is 0. The molecule has 212 valence electrons. The van der Waals surface area contributed by atoms with Crippen molar-refractivity contribution in [1.29, 1.82) is 5.26 Å². The van der Waals surface area contributed by atoms with Gasteiger partial charge in [-0.05, 0) is 65.7 Å². The van der Waals surface area contributed by atoms with E-state index in [1.807, 2.05) is 18.2 Å². The Morgan fingerprint density at radius 3 is 2.42 bits per heavy atom. The summed E-state index contributed by atoms with van der Waals surface area (Å²) in [5.74, 6) is -7.33. The Kier molecular flexibility index (Phi) is 7.42. The number of allylic oxidation sites excluding steroid dienone is 1. The minimum atomic E-state index is -3.24. The van der Waals surface area contributed by atoms with E-state index in [9.17, 15) is 14.9 Å². The van der Waals surface area contributed by atoms with E-state index in [2.05, 4.69) is 11.1 Å². The van der Waals surface area contributed by atoms with Gasteiger partial charge in [0.1, 0.15) is 11.7 Å². The molecule has 1 unspecified atom stereocenters. The molecular formula is C32H36F2N2O4. The molecule has 6 nitrogen and oxygen atoms in total. The maximum atomic E-state index is 15.8. The highest BCUT2D eigenvalue weighted by molar-refractivity contribution is 5.90. The molecule has 2 aliphatic rings. The number of cyclic esters (lactones) is 1. The molecule has 2 aromatic rings. The Hall–Kier alpha value is -3.60. The molecule has 1 saturated heterocycles. The van der Waals surface area contributed by atoms with Crippen LogP contribution in [0.5, 0.6) is 0 Å². The van der Waals surface area contributed by atoms with E-state index < -0.39 is 64.6 Å². The molecule has 1 aromatic heterocycles. The minimum Gasteiger partial charge on any atom is -0.462 e. The number of nitriles is 1. The average Bonchev–Trinajstić information content (AvgIpc) is 3.13. The van der Waals surface area contributed by atoms with E-state index in [4.69, 9.17) is 9.47 Å². The average molecular weight is 551 g/mol. The number of esters is 2. The number of aromatic nitrogens is 1. The fourth-order valence-electron chi connectivity index (χ4n) is 6.31. The summed E-state index contributed by atoms with van der Waals surface area (Å²) in [7, 11) is 0. The number of nitrogens with zero attached hydrogens (tertiary/aromatic N) is 2. The molecule has 0 bridgehead atoms. The largest absolute Gasteiger partial charge is 0.462 e. The highest BCUT2D eigenvalue weighted by Crippen LogP contribution is 2.65. The molecule has 0 N–H and O–H groups in total. The van der Waals surface area contributed by atoms with E-state index in [1.165, 1.54) is 20.8 Å². The molecule has 2 heterocycles. The van der Waals surface area contributed by atoms with Crippen LogP contribution >= 0.6 is 0 Å². The van der Waals surface area contributed by atoms with Crippen LogP contribution in [-0.2, 0) is 19.1 Å². The summed E-state index contributed by atoms with van der Waals surface area (Å²) in [6.45, 7) is 11.3. The van der Waals surface area contributed by atoms with Gasteiger partial charge < -0.3 is 9.47 Å². The maximum Gasteiger partial charge on any atom is 0.314 e. The number of fused-ring (bicyclic) bond motifs is 1. The van der Waals surface area contributed by atoms with Gasteiger partial charge in [-0.3, -0.25) is 14.6 Å². The van der Waals surface area contributed by atoms with Crippen LogP contribution in [0.1, 0.15) is 66.1 Å². The molecule has 0 spiro atoms. The van der Waals surface area contributed by atoms with E-state index >= 15 is 8.78 Å².